The van der Waals surface area contributed by atoms with Crippen molar-refractivity contribution in [1.29, 1.82) is 0 Å². The molecule has 0 saturated carbocycles. The van der Waals surface area contributed by atoms with Gasteiger partial charge in [-0.1, -0.05) is 24.3 Å². The Labute approximate surface area is 131 Å². The molecule has 0 spiro atoms. The van der Waals surface area contributed by atoms with Gasteiger partial charge in [0.2, 0.25) is 0 Å². The Morgan fingerprint density at radius 1 is 1.38 bits per heavy atom. The predicted molar refractivity (Wildman–Crippen MR) is 86.5 cm³/mol. The van der Waals surface area contributed by atoms with E-state index in [9.17, 15) is 5.11 Å². The van der Waals surface area contributed by atoms with Gasteiger partial charge in [-0.15, -0.1) is 18.3 Å². The molecule has 1 fully saturated rings. The highest BCUT2D eigenvalue weighted by Crippen LogP contribution is 2.27. The Balaban J connectivity index is 1.71. The van der Waals surface area contributed by atoms with E-state index in [2.05, 4.69) is 18.7 Å². The third kappa shape index (κ3) is 6.22. The quantitative estimate of drug-likeness (QED) is 0.588. The van der Waals surface area contributed by atoms with Gasteiger partial charge in [-0.05, 0) is 37.8 Å². The average Bonchev–Trinajstić information content (AvgIpc) is 2.54. The first-order valence-corrected chi connectivity index (χ1v) is 8.41. The Hall–Kier alpha value is -0.810. The van der Waals surface area contributed by atoms with Gasteiger partial charge >= 0.3 is 0 Å². The summed E-state index contributed by atoms with van der Waals surface area (Å²) in [6.07, 6.45) is 5.06. The monoisotopic (exact) mass is 308 g/mol. The van der Waals surface area contributed by atoms with E-state index in [-0.39, 0.29) is 11.5 Å². The van der Waals surface area contributed by atoms with Crippen molar-refractivity contribution in [2.24, 2.45) is 0 Å². The van der Waals surface area contributed by atoms with Gasteiger partial charge in [-0.25, -0.2) is 0 Å². The van der Waals surface area contributed by atoms with Crippen LogP contribution in [0.4, 0.5) is 0 Å². The number of thioether (sulfide) groups is 1. The summed E-state index contributed by atoms with van der Waals surface area (Å²) in [7, 11) is 0. The maximum atomic E-state index is 10.1. The van der Waals surface area contributed by atoms with E-state index in [1.165, 1.54) is 4.90 Å². The lowest BCUT2D eigenvalue weighted by Crippen LogP contribution is -2.28. The zero-order valence-electron chi connectivity index (χ0n) is 12.3. The summed E-state index contributed by atoms with van der Waals surface area (Å²) in [5.74, 6) is 0. The van der Waals surface area contributed by atoms with Crippen LogP contribution in [0, 0.1) is 0 Å². The van der Waals surface area contributed by atoms with Crippen LogP contribution in [0.3, 0.4) is 0 Å². The van der Waals surface area contributed by atoms with Crippen molar-refractivity contribution in [2.45, 2.75) is 48.2 Å². The normalized spacial score (nSPS) is 21.7. The molecule has 0 radical (unpaired) electrons. The molecule has 1 aliphatic rings. The molecule has 116 valence electrons. The van der Waals surface area contributed by atoms with Crippen molar-refractivity contribution < 1.29 is 14.6 Å². The van der Waals surface area contributed by atoms with Crippen LogP contribution in [-0.4, -0.2) is 36.0 Å². The minimum absolute atomic E-state index is 0.141. The molecule has 0 aliphatic carbocycles. The van der Waals surface area contributed by atoms with Crippen LogP contribution in [0.2, 0.25) is 0 Å². The molecule has 1 heterocycles. The van der Waals surface area contributed by atoms with Crippen molar-refractivity contribution >= 4 is 11.8 Å². The third-order valence-corrected chi connectivity index (χ3v) is 4.64. The highest BCUT2D eigenvalue weighted by Gasteiger charge is 2.18. The molecule has 0 amide bonds. The van der Waals surface area contributed by atoms with Gasteiger partial charge in [-0.3, -0.25) is 0 Å². The Morgan fingerprint density at radius 2 is 2.19 bits per heavy atom. The number of ether oxygens (including phenoxy) is 2. The van der Waals surface area contributed by atoms with Gasteiger partial charge in [-0.2, -0.15) is 0 Å². The Morgan fingerprint density at radius 3 is 2.86 bits per heavy atom. The van der Waals surface area contributed by atoms with Crippen LogP contribution in [0.25, 0.3) is 0 Å². The van der Waals surface area contributed by atoms with Crippen LogP contribution in [0.5, 0.6) is 0 Å². The fourth-order valence-electron chi connectivity index (χ4n) is 2.26. The molecule has 2 unspecified atom stereocenters. The largest absolute Gasteiger partial charge is 0.391 e. The molecule has 1 aromatic rings. The number of rotatable bonds is 8. The van der Waals surface area contributed by atoms with E-state index < -0.39 is 6.10 Å². The summed E-state index contributed by atoms with van der Waals surface area (Å²) in [6, 6.07) is 10.2. The molecule has 1 N–H and O–H groups in total. The number of benzene rings is 1. The number of hydrogen-bond acceptors (Lipinski definition) is 4. The van der Waals surface area contributed by atoms with Crippen LogP contribution in [0.1, 0.15) is 25.7 Å². The summed E-state index contributed by atoms with van der Waals surface area (Å²) < 4.78 is 11.1. The molecule has 3 atom stereocenters. The smallest absolute Gasteiger partial charge is 0.157 e. The first-order valence-electron chi connectivity index (χ1n) is 7.53. The van der Waals surface area contributed by atoms with Crippen molar-refractivity contribution in [1.82, 2.24) is 0 Å². The summed E-state index contributed by atoms with van der Waals surface area (Å²) in [5, 5.41) is 10.3. The fraction of sp³-hybridized carbons (Fsp3) is 0.529. The minimum atomic E-state index is -0.491. The zero-order valence-corrected chi connectivity index (χ0v) is 13.1. The van der Waals surface area contributed by atoms with Crippen LogP contribution < -0.4 is 0 Å². The first kappa shape index (κ1) is 16.6. The predicted octanol–water partition coefficient (Wildman–Crippen LogP) is 3.63. The maximum Gasteiger partial charge on any atom is 0.157 e. The van der Waals surface area contributed by atoms with Gasteiger partial charge in [0.25, 0.3) is 0 Å². The standard InChI is InChI=1S/C17H24O3S/c1-2-15(21-16-8-4-3-5-9-16)12-14(18)13-20-17-10-6-7-11-19-17/h2-5,8-9,14-15,17-18H,1,6-7,10-13H2/t14-,15?,17?/m0/s1. The van der Waals surface area contributed by atoms with Gasteiger partial charge in [0.1, 0.15) is 0 Å². The van der Waals surface area contributed by atoms with E-state index in [0.717, 1.165) is 25.9 Å². The van der Waals surface area contributed by atoms with Gasteiger partial charge in [0, 0.05) is 16.8 Å². The van der Waals surface area contributed by atoms with E-state index in [1.54, 1.807) is 11.8 Å². The lowest BCUT2D eigenvalue weighted by atomic mass is 10.2. The molecule has 4 heteroatoms. The molecule has 3 nitrogen and oxygen atoms in total. The summed E-state index contributed by atoms with van der Waals surface area (Å²) in [6.45, 7) is 4.95. The van der Waals surface area contributed by atoms with Crippen LogP contribution in [-0.2, 0) is 9.47 Å². The van der Waals surface area contributed by atoms with E-state index in [1.807, 2.05) is 24.3 Å². The Bertz CT molecular complexity index is 404. The summed E-state index contributed by atoms with van der Waals surface area (Å²) in [5.41, 5.74) is 0. The van der Waals surface area contributed by atoms with Gasteiger partial charge in [0.05, 0.1) is 12.7 Å². The first-order chi connectivity index (χ1) is 10.3. The van der Waals surface area contributed by atoms with Crippen molar-refractivity contribution in [3.8, 4) is 0 Å². The molecular weight excluding hydrogens is 284 g/mol. The zero-order chi connectivity index (χ0) is 14.9. The van der Waals surface area contributed by atoms with Crippen molar-refractivity contribution in [3.05, 3.63) is 43.0 Å². The van der Waals surface area contributed by atoms with Crippen molar-refractivity contribution in [3.63, 3.8) is 0 Å². The maximum absolute atomic E-state index is 10.1. The SMILES string of the molecule is C=CC(C[C@H](O)COC1CCCCO1)Sc1ccccc1. The van der Waals surface area contributed by atoms with Gasteiger partial charge < -0.3 is 14.6 Å². The van der Waals surface area contributed by atoms with Crippen LogP contribution in [0.15, 0.2) is 47.9 Å². The highest BCUT2D eigenvalue weighted by molar-refractivity contribution is 8.00. The number of aliphatic hydroxyl groups is 1. The lowest BCUT2D eigenvalue weighted by Gasteiger charge is -2.24. The fourth-order valence-corrected chi connectivity index (χ4v) is 3.34. The lowest BCUT2D eigenvalue weighted by molar-refractivity contribution is -0.175. The average molecular weight is 308 g/mol. The second-order valence-corrected chi connectivity index (χ2v) is 6.54. The van der Waals surface area contributed by atoms with Gasteiger partial charge in [0.15, 0.2) is 6.29 Å². The van der Waals surface area contributed by atoms with E-state index in [4.69, 9.17) is 9.47 Å². The molecule has 1 aromatic carbocycles. The topological polar surface area (TPSA) is 38.7 Å². The second kappa shape index (κ2) is 9.26. The third-order valence-electron chi connectivity index (χ3n) is 3.41. The second-order valence-electron chi connectivity index (χ2n) is 5.22. The molecule has 1 aliphatic heterocycles. The summed E-state index contributed by atoms with van der Waals surface area (Å²) in [4.78, 5) is 1.19. The minimum Gasteiger partial charge on any atom is -0.391 e. The molecule has 21 heavy (non-hydrogen) atoms. The van der Waals surface area contributed by atoms with E-state index >= 15 is 0 Å². The molecule has 0 aromatic heterocycles. The highest BCUT2D eigenvalue weighted by atomic mass is 32.2. The van der Waals surface area contributed by atoms with Crippen molar-refractivity contribution in [2.75, 3.05) is 13.2 Å². The molecule has 2 rings (SSSR count). The molecular formula is C17H24O3S. The van der Waals surface area contributed by atoms with Crippen LogP contribution >= 0.6 is 11.8 Å². The Kier molecular flexibility index (Phi) is 7.30. The van der Waals surface area contributed by atoms with E-state index in [0.29, 0.717) is 13.0 Å². The molecule has 0 bridgehead atoms. The number of hydrogen-bond donors (Lipinski definition) is 1. The molecule has 1 saturated heterocycles. The number of aliphatic hydroxyl groups excluding tert-OH is 1. The summed E-state index contributed by atoms with van der Waals surface area (Å²) >= 11 is 1.71.